The van der Waals surface area contributed by atoms with E-state index in [1.807, 2.05) is 68.4 Å². The number of carbonyl (C=O) groups excluding carboxylic acids is 1. The smallest absolute Gasteiger partial charge is 0.246 e. The molecular formula is C24H24N2O4. The van der Waals surface area contributed by atoms with E-state index in [4.69, 9.17) is 19.3 Å². The van der Waals surface area contributed by atoms with E-state index in [-0.39, 0.29) is 0 Å². The lowest BCUT2D eigenvalue weighted by molar-refractivity contribution is -0.129. The van der Waals surface area contributed by atoms with Crippen molar-refractivity contribution in [3.05, 3.63) is 77.4 Å². The lowest BCUT2D eigenvalue weighted by Gasteiger charge is -2.13. The minimum absolute atomic E-state index is 0.433. The Bertz CT molecular complexity index is 1160. The summed E-state index contributed by atoms with van der Waals surface area (Å²) in [5.41, 5.74) is 8.97. The zero-order chi connectivity index (χ0) is 21.1. The van der Waals surface area contributed by atoms with Crippen LogP contribution in [-0.2, 0) is 22.4 Å². The highest BCUT2D eigenvalue weighted by Gasteiger charge is 2.17. The number of hydrogen-bond acceptors (Lipinski definition) is 5. The number of furan rings is 1. The Labute approximate surface area is 174 Å². The van der Waals surface area contributed by atoms with Crippen molar-refractivity contribution in [1.82, 2.24) is 4.98 Å². The van der Waals surface area contributed by atoms with Crippen LogP contribution in [0, 0.1) is 6.92 Å². The van der Waals surface area contributed by atoms with Gasteiger partial charge in [-0.2, -0.15) is 0 Å². The van der Waals surface area contributed by atoms with Gasteiger partial charge in [-0.1, -0.05) is 24.3 Å². The summed E-state index contributed by atoms with van der Waals surface area (Å²) in [5, 5.41) is 0.964. The second-order valence-electron chi connectivity index (χ2n) is 7.20. The number of oxazole rings is 1. The predicted molar refractivity (Wildman–Crippen MR) is 114 cm³/mol. The van der Waals surface area contributed by atoms with Crippen molar-refractivity contribution in [3.63, 3.8) is 0 Å². The van der Waals surface area contributed by atoms with Gasteiger partial charge in [0.1, 0.15) is 23.2 Å². The van der Waals surface area contributed by atoms with Crippen LogP contribution >= 0.6 is 0 Å². The van der Waals surface area contributed by atoms with Gasteiger partial charge in [-0.3, -0.25) is 4.79 Å². The Kier molecular flexibility index (Phi) is 5.68. The van der Waals surface area contributed by atoms with Gasteiger partial charge in [-0.05, 0) is 49.7 Å². The van der Waals surface area contributed by atoms with Crippen LogP contribution in [0.25, 0.3) is 22.4 Å². The largest absolute Gasteiger partial charge is 0.461 e. The molecule has 0 bridgehead atoms. The molecule has 6 heteroatoms. The molecule has 0 aliphatic heterocycles. The predicted octanol–water partition coefficient (Wildman–Crippen LogP) is 4.42. The first-order valence-corrected chi connectivity index (χ1v) is 9.97. The van der Waals surface area contributed by atoms with Crippen LogP contribution in [0.15, 0.2) is 63.4 Å². The molecule has 6 nitrogen and oxygen atoms in total. The fraction of sp³-hybridized carbons (Fsp3) is 0.250. The van der Waals surface area contributed by atoms with Crippen molar-refractivity contribution in [2.24, 2.45) is 5.73 Å². The van der Waals surface area contributed by atoms with E-state index < -0.39 is 12.0 Å². The number of nitrogens with zero attached hydrogens (tertiary/aromatic N) is 1. The van der Waals surface area contributed by atoms with Crippen LogP contribution in [0.3, 0.4) is 0 Å². The zero-order valence-corrected chi connectivity index (χ0v) is 17.1. The Hall–Kier alpha value is -3.38. The molecule has 1 unspecified atom stereocenters. The minimum Gasteiger partial charge on any atom is -0.461 e. The number of aryl methyl sites for hydroxylation is 1. The highest BCUT2D eigenvalue weighted by Crippen LogP contribution is 2.26. The monoisotopic (exact) mass is 404 g/mol. The summed E-state index contributed by atoms with van der Waals surface area (Å²) >= 11 is 0. The maximum Gasteiger partial charge on any atom is 0.246 e. The first-order valence-electron chi connectivity index (χ1n) is 9.97. The normalized spacial score (nSPS) is 12.3. The third kappa shape index (κ3) is 4.28. The van der Waals surface area contributed by atoms with Crippen molar-refractivity contribution < 1.29 is 18.4 Å². The third-order valence-corrected chi connectivity index (χ3v) is 4.99. The van der Waals surface area contributed by atoms with E-state index in [2.05, 4.69) is 4.98 Å². The number of benzene rings is 2. The van der Waals surface area contributed by atoms with Crippen LogP contribution in [-0.4, -0.2) is 23.6 Å². The zero-order valence-electron chi connectivity index (χ0n) is 17.1. The molecule has 0 saturated carbocycles. The quantitative estimate of drug-likeness (QED) is 0.469. The van der Waals surface area contributed by atoms with Gasteiger partial charge in [-0.15, -0.1) is 0 Å². The number of nitrogens with two attached hydrogens (primary N) is 1. The number of primary amides is 1. The fourth-order valence-electron chi connectivity index (χ4n) is 3.48. The summed E-state index contributed by atoms with van der Waals surface area (Å²) in [6.45, 7) is 4.19. The number of aromatic nitrogens is 1. The number of fused-ring (bicyclic) bond motifs is 1. The molecule has 154 valence electrons. The number of rotatable bonds is 8. The van der Waals surface area contributed by atoms with E-state index >= 15 is 0 Å². The maximum absolute atomic E-state index is 11.6. The van der Waals surface area contributed by atoms with Crippen LogP contribution in [0.1, 0.15) is 29.7 Å². The molecule has 2 N–H and O–H groups in total. The van der Waals surface area contributed by atoms with Gasteiger partial charge in [0, 0.05) is 24.0 Å². The molecule has 0 fully saturated rings. The number of amides is 1. The number of ether oxygens (including phenoxy) is 1. The van der Waals surface area contributed by atoms with Crippen molar-refractivity contribution in [2.45, 2.75) is 32.8 Å². The van der Waals surface area contributed by atoms with Crippen molar-refractivity contribution in [2.75, 3.05) is 6.61 Å². The van der Waals surface area contributed by atoms with Gasteiger partial charge >= 0.3 is 0 Å². The second-order valence-corrected chi connectivity index (χ2v) is 7.20. The minimum atomic E-state index is -0.631. The SMILES string of the molecule is CCOC(Cc1ccc2oc(Cc3nc(-c4ccccc4)oc3C)cc2c1)C(N)=O. The molecule has 2 heterocycles. The van der Waals surface area contributed by atoms with Crippen LogP contribution < -0.4 is 5.73 Å². The number of hydrogen-bond donors (Lipinski definition) is 1. The van der Waals surface area contributed by atoms with Gasteiger partial charge in [-0.25, -0.2) is 4.98 Å². The highest BCUT2D eigenvalue weighted by atomic mass is 16.5. The first kappa shape index (κ1) is 19.9. The summed E-state index contributed by atoms with van der Waals surface area (Å²) in [6.07, 6.45) is 0.338. The maximum atomic E-state index is 11.6. The lowest BCUT2D eigenvalue weighted by atomic mass is 10.1. The van der Waals surface area contributed by atoms with Gasteiger partial charge in [0.05, 0.1) is 12.1 Å². The fourth-order valence-corrected chi connectivity index (χ4v) is 3.48. The molecule has 0 radical (unpaired) electrons. The standard InChI is InChI=1S/C24H24N2O4/c1-3-28-22(23(25)27)12-16-9-10-21-18(11-16)13-19(30-21)14-20-15(2)29-24(26-20)17-7-5-4-6-8-17/h4-11,13,22H,3,12,14H2,1-2H3,(H2,25,27). The van der Waals surface area contributed by atoms with Gasteiger partial charge in [0.2, 0.25) is 11.8 Å². The average molecular weight is 404 g/mol. The topological polar surface area (TPSA) is 91.5 Å². The summed E-state index contributed by atoms with van der Waals surface area (Å²) in [5.74, 6) is 1.72. The molecular weight excluding hydrogens is 380 g/mol. The lowest BCUT2D eigenvalue weighted by Crippen LogP contribution is -2.33. The van der Waals surface area contributed by atoms with E-state index in [0.29, 0.717) is 25.3 Å². The Morgan fingerprint density at radius 2 is 1.93 bits per heavy atom. The molecule has 0 spiro atoms. The molecule has 2 aromatic heterocycles. The van der Waals surface area contributed by atoms with Crippen molar-refractivity contribution in [1.29, 1.82) is 0 Å². The molecule has 4 rings (SSSR count). The summed E-state index contributed by atoms with van der Waals surface area (Å²) in [6, 6.07) is 17.7. The highest BCUT2D eigenvalue weighted by molar-refractivity contribution is 5.81. The molecule has 0 aliphatic rings. The third-order valence-electron chi connectivity index (χ3n) is 4.99. The molecule has 2 aromatic carbocycles. The Morgan fingerprint density at radius 1 is 1.13 bits per heavy atom. The Morgan fingerprint density at radius 3 is 2.67 bits per heavy atom. The van der Waals surface area contributed by atoms with Crippen LogP contribution in [0.5, 0.6) is 0 Å². The van der Waals surface area contributed by atoms with Gasteiger partial charge in [0.25, 0.3) is 0 Å². The first-order chi connectivity index (χ1) is 14.5. The molecule has 1 atom stereocenters. The van der Waals surface area contributed by atoms with Crippen molar-refractivity contribution in [3.8, 4) is 11.5 Å². The van der Waals surface area contributed by atoms with E-state index in [0.717, 1.165) is 39.3 Å². The average Bonchev–Trinajstić information content (AvgIpc) is 3.31. The van der Waals surface area contributed by atoms with Crippen LogP contribution in [0.2, 0.25) is 0 Å². The summed E-state index contributed by atoms with van der Waals surface area (Å²) in [4.78, 5) is 16.2. The second kappa shape index (κ2) is 8.55. The molecule has 4 aromatic rings. The van der Waals surface area contributed by atoms with Gasteiger partial charge < -0.3 is 19.3 Å². The molecule has 0 saturated heterocycles. The molecule has 30 heavy (non-hydrogen) atoms. The Balaban J connectivity index is 1.54. The van der Waals surface area contributed by atoms with Crippen LogP contribution in [0.4, 0.5) is 0 Å². The molecule has 1 amide bonds. The van der Waals surface area contributed by atoms with Gasteiger partial charge in [0.15, 0.2) is 0 Å². The van der Waals surface area contributed by atoms with Crippen molar-refractivity contribution >= 4 is 16.9 Å². The summed E-state index contributed by atoms with van der Waals surface area (Å²) < 4.78 is 17.3. The van der Waals surface area contributed by atoms with E-state index in [1.165, 1.54) is 0 Å². The summed E-state index contributed by atoms with van der Waals surface area (Å²) in [7, 11) is 0. The molecule has 0 aliphatic carbocycles. The number of carbonyl (C=O) groups is 1. The van der Waals surface area contributed by atoms with E-state index in [1.54, 1.807) is 0 Å². The van der Waals surface area contributed by atoms with E-state index in [9.17, 15) is 4.79 Å².